The molecule has 1 aliphatic rings. The summed E-state index contributed by atoms with van der Waals surface area (Å²) in [7, 11) is 1.57. The van der Waals surface area contributed by atoms with Gasteiger partial charge in [0.1, 0.15) is 11.5 Å². The molecule has 1 aliphatic heterocycles. The molecule has 1 amide bonds. The van der Waals surface area contributed by atoms with Crippen LogP contribution >= 0.6 is 0 Å². The molecule has 30 heavy (non-hydrogen) atoms. The smallest absolute Gasteiger partial charge is 0.290 e. The van der Waals surface area contributed by atoms with Crippen molar-refractivity contribution in [2.75, 3.05) is 7.11 Å². The number of nitrogens with zero attached hydrogens (tertiary/aromatic N) is 1. The molecule has 6 nitrogen and oxygen atoms in total. The summed E-state index contributed by atoms with van der Waals surface area (Å²) in [6.45, 7) is 5.88. The van der Waals surface area contributed by atoms with E-state index in [0.29, 0.717) is 5.75 Å². The Labute approximate surface area is 176 Å². The molecule has 3 rings (SSSR count). The Morgan fingerprint density at radius 1 is 1.07 bits per heavy atom. The van der Waals surface area contributed by atoms with E-state index < -0.39 is 17.7 Å². The fourth-order valence-corrected chi connectivity index (χ4v) is 3.57. The van der Waals surface area contributed by atoms with Crippen LogP contribution in [0, 0.1) is 0 Å². The number of amides is 1. The molecule has 1 N–H and O–H groups in total. The number of carbonyl (C=O) groups excluding carboxylic acids is 2. The summed E-state index contributed by atoms with van der Waals surface area (Å²) < 4.78 is 10.9. The predicted molar refractivity (Wildman–Crippen MR) is 113 cm³/mol. The summed E-state index contributed by atoms with van der Waals surface area (Å²) in [6, 6.07) is 14.0. The molecule has 0 radical (unpaired) electrons. The molecule has 0 saturated heterocycles. The first-order chi connectivity index (χ1) is 14.3. The number of ether oxygens (including phenoxy) is 2. The van der Waals surface area contributed by atoms with Gasteiger partial charge in [0.25, 0.3) is 5.91 Å². The van der Waals surface area contributed by atoms with Crippen LogP contribution in [0.1, 0.15) is 44.4 Å². The number of hydrogen-bond donors (Lipinski definition) is 1. The van der Waals surface area contributed by atoms with Gasteiger partial charge in [-0.25, -0.2) is 0 Å². The number of Topliss-reactive ketones (excluding diaryl/α,β-unsaturated/α-hetero) is 1. The third kappa shape index (κ3) is 4.32. The maximum Gasteiger partial charge on any atom is 0.290 e. The van der Waals surface area contributed by atoms with Crippen LogP contribution in [0.5, 0.6) is 11.5 Å². The van der Waals surface area contributed by atoms with Crippen LogP contribution in [0.2, 0.25) is 0 Å². The molecule has 1 unspecified atom stereocenters. The van der Waals surface area contributed by atoms with Gasteiger partial charge in [-0.3, -0.25) is 9.59 Å². The molecule has 0 aliphatic carbocycles. The molecule has 0 spiro atoms. The van der Waals surface area contributed by atoms with E-state index in [0.717, 1.165) is 16.9 Å². The zero-order chi connectivity index (χ0) is 21.8. The average molecular weight is 409 g/mol. The Bertz CT molecular complexity index is 945. The van der Waals surface area contributed by atoms with Crippen LogP contribution in [-0.4, -0.2) is 34.9 Å². The first kappa shape index (κ1) is 21.4. The number of aliphatic hydroxyl groups is 1. The van der Waals surface area contributed by atoms with Crippen molar-refractivity contribution < 1.29 is 24.2 Å². The molecule has 0 saturated carbocycles. The normalized spacial score (nSPS) is 16.4. The van der Waals surface area contributed by atoms with Crippen molar-refractivity contribution in [1.29, 1.82) is 0 Å². The monoisotopic (exact) mass is 409 g/mol. The summed E-state index contributed by atoms with van der Waals surface area (Å²) in [5.74, 6) is 0.158. The largest absolute Gasteiger partial charge is 0.503 e. The lowest BCUT2D eigenvalue weighted by Gasteiger charge is -2.27. The average Bonchev–Trinajstić information content (AvgIpc) is 2.99. The predicted octanol–water partition coefficient (Wildman–Crippen LogP) is 4.36. The highest BCUT2D eigenvalue weighted by atomic mass is 16.5. The fourth-order valence-electron chi connectivity index (χ4n) is 3.57. The Morgan fingerprint density at radius 2 is 1.67 bits per heavy atom. The van der Waals surface area contributed by atoms with Crippen LogP contribution in [0.3, 0.4) is 0 Å². The SMILES string of the molecule is CCC(=O)C1=C(O)C(=O)N(Cc2ccc(OC(C)C)cc2)C1c1ccc(OC)cc1. The van der Waals surface area contributed by atoms with E-state index in [1.165, 1.54) is 4.90 Å². The zero-order valence-corrected chi connectivity index (χ0v) is 17.7. The van der Waals surface area contributed by atoms with Gasteiger partial charge in [0.05, 0.1) is 24.8 Å². The Kier molecular flexibility index (Phi) is 6.45. The van der Waals surface area contributed by atoms with Gasteiger partial charge in [-0.15, -0.1) is 0 Å². The summed E-state index contributed by atoms with van der Waals surface area (Å²) in [6.07, 6.45) is 0.272. The highest BCUT2D eigenvalue weighted by molar-refractivity contribution is 6.08. The third-order valence-electron chi connectivity index (χ3n) is 5.00. The van der Waals surface area contributed by atoms with E-state index in [9.17, 15) is 14.7 Å². The molecule has 2 aromatic carbocycles. The summed E-state index contributed by atoms with van der Waals surface area (Å²) >= 11 is 0. The van der Waals surface area contributed by atoms with Crippen molar-refractivity contribution in [2.24, 2.45) is 0 Å². The van der Waals surface area contributed by atoms with Gasteiger partial charge in [-0.1, -0.05) is 31.2 Å². The van der Waals surface area contributed by atoms with Crippen LogP contribution < -0.4 is 9.47 Å². The lowest BCUT2D eigenvalue weighted by atomic mass is 9.95. The second-order valence-corrected chi connectivity index (χ2v) is 7.46. The standard InChI is InChI=1S/C24H27NO5/c1-5-20(26)21-22(17-8-12-18(29-4)13-9-17)25(24(28)23(21)27)14-16-6-10-19(11-7-16)30-15(2)3/h6-13,15,22,27H,5,14H2,1-4H3. The molecule has 6 heteroatoms. The van der Waals surface area contributed by atoms with Gasteiger partial charge >= 0.3 is 0 Å². The maximum atomic E-state index is 12.9. The van der Waals surface area contributed by atoms with Gasteiger partial charge in [-0.2, -0.15) is 0 Å². The third-order valence-corrected chi connectivity index (χ3v) is 5.00. The molecule has 1 atom stereocenters. The molecule has 158 valence electrons. The molecular formula is C24H27NO5. The van der Waals surface area contributed by atoms with Crippen molar-refractivity contribution in [1.82, 2.24) is 4.90 Å². The van der Waals surface area contributed by atoms with Crippen molar-refractivity contribution in [3.05, 3.63) is 71.0 Å². The Hall–Kier alpha value is -3.28. The number of benzene rings is 2. The topological polar surface area (TPSA) is 76.1 Å². The highest BCUT2D eigenvalue weighted by Gasteiger charge is 2.42. The van der Waals surface area contributed by atoms with Gasteiger partial charge in [0.2, 0.25) is 0 Å². The van der Waals surface area contributed by atoms with E-state index in [1.54, 1.807) is 26.2 Å². The number of carbonyl (C=O) groups is 2. The molecule has 0 aromatic heterocycles. The van der Waals surface area contributed by atoms with Gasteiger partial charge in [-0.05, 0) is 49.2 Å². The van der Waals surface area contributed by atoms with Gasteiger partial charge in [0.15, 0.2) is 11.5 Å². The minimum absolute atomic E-state index is 0.0687. The fraction of sp³-hybridized carbons (Fsp3) is 0.333. The number of hydrogen-bond acceptors (Lipinski definition) is 5. The maximum absolute atomic E-state index is 12.9. The summed E-state index contributed by atoms with van der Waals surface area (Å²) in [5, 5.41) is 10.5. The first-order valence-electron chi connectivity index (χ1n) is 10.0. The Balaban J connectivity index is 1.94. The van der Waals surface area contributed by atoms with E-state index in [-0.39, 0.29) is 30.4 Å². The van der Waals surface area contributed by atoms with Crippen molar-refractivity contribution in [3.8, 4) is 11.5 Å². The van der Waals surface area contributed by atoms with Crippen molar-refractivity contribution in [2.45, 2.75) is 45.9 Å². The van der Waals surface area contributed by atoms with E-state index >= 15 is 0 Å². The molecule has 1 heterocycles. The number of aliphatic hydroxyl groups excluding tert-OH is 1. The molecular weight excluding hydrogens is 382 g/mol. The van der Waals surface area contributed by atoms with E-state index in [4.69, 9.17) is 9.47 Å². The number of methoxy groups -OCH3 is 1. The van der Waals surface area contributed by atoms with Gasteiger partial charge in [0, 0.05) is 13.0 Å². The van der Waals surface area contributed by atoms with Crippen LogP contribution in [0.15, 0.2) is 59.9 Å². The quantitative estimate of drug-likeness (QED) is 0.701. The van der Waals surface area contributed by atoms with Crippen LogP contribution in [0.4, 0.5) is 0 Å². The Morgan fingerprint density at radius 3 is 2.20 bits per heavy atom. The second-order valence-electron chi connectivity index (χ2n) is 7.46. The minimum atomic E-state index is -0.651. The lowest BCUT2D eigenvalue weighted by Crippen LogP contribution is -2.30. The van der Waals surface area contributed by atoms with Crippen LogP contribution in [-0.2, 0) is 16.1 Å². The summed E-state index contributed by atoms with van der Waals surface area (Å²) in [5.41, 5.74) is 1.76. The number of rotatable bonds is 8. The molecule has 0 bridgehead atoms. The summed E-state index contributed by atoms with van der Waals surface area (Å²) in [4.78, 5) is 27.0. The lowest BCUT2D eigenvalue weighted by molar-refractivity contribution is -0.130. The van der Waals surface area contributed by atoms with Crippen molar-refractivity contribution in [3.63, 3.8) is 0 Å². The molecule has 0 fully saturated rings. The zero-order valence-electron chi connectivity index (χ0n) is 17.7. The van der Waals surface area contributed by atoms with Gasteiger partial charge < -0.3 is 19.5 Å². The number of ketones is 1. The second kappa shape index (κ2) is 9.03. The van der Waals surface area contributed by atoms with E-state index in [2.05, 4.69) is 0 Å². The minimum Gasteiger partial charge on any atom is -0.503 e. The van der Waals surface area contributed by atoms with E-state index in [1.807, 2.05) is 50.2 Å². The molecule has 2 aromatic rings. The van der Waals surface area contributed by atoms with Crippen molar-refractivity contribution >= 4 is 11.7 Å². The first-order valence-corrected chi connectivity index (χ1v) is 10.0. The van der Waals surface area contributed by atoms with Crippen LogP contribution in [0.25, 0.3) is 0 Å². The highest BCUT2D eigenvalue weighted by Crippen LogP contribution is 2.39.